The third kappa shape index (κ3) is 6.64. The Bertz CT molecular complexity index is 845. The summed E-state index contributed by atoms with van der Waals surface area (Å²) < 4.78 is 50.4. The maximum atomic E-state index is 11.7. The molecule has 20 heteroatoms. The predicted molar refractivity (Wildman–Crippen MR) is 92.5 cm³/mol. The van der Waals surface area contributed by atoms with Crippen LogP contribution in [0.5, 0.6) is 0 Å². The van der Waals surface area contributed by atoms with E-state index in [4.69, 9.17) is 25.2 Å². The van der Waals surface area contributed by atoms with E-state index >= 15 is 0 Å². The molecule has 2 rings (SSSR count). The van der Waals surface area contributed by atoms with E-state index in [9.17, 15) is 34.0 Å². The molecule has 2 heterocycles. The van der Waals surface area contributed by atoms with Crippen molar-refractivity contribution < 1.29 is 66.6 Å². The number of aliphatic hydroxyl groups excluding tert-OH is 2. The van der Waals surface area contributed by atoms with Gasteiger partial charge >= 0.3 is 23.5 Å². The lowest BCUT2D eigenvalue weighted by atomic mass is 9.99. The topological polar surface area (TPSA) is 271 Å². The van der Waals surface area contributed by atoms with E-state index in [1.807, 2.05) is 0 Å². The molecule has 7 unspecified atom stereocenters. The molecule has 0 aliphatic carbocycles. The number of hydroxylamine groups is 2. The van der Waals surface area contributed by atoms with Crippen LogP contribution in [0.1, 0.15) is 0 Å². The number of hydrogen-bond donors (Lipinski definition) is 9. The van der Waals surface area contributed by atoms with Gasteiger partial charge in [0.1, 0.15) is 24.4 Å². The normalized spacial score (nSPS) is 34.1. The highest BCUT2D eigenvalue weighted by atomic mass is 31.3. The summed E-state index contributed by atoms with van der Waals surface area (Å²) in [6.45, 7) is 2.64. The van der Waals surface area contributed by atoms with Crippen LogP contribution in [0.15, 0.2) is 24.0 Å². The average Bonchev–Trinajstić information content (AvgIpc) is 2.81. The molecule has 0 aromatic rings. The Morgan fingerprint density at radius 1 is 1.13 bits per heavy atom. The molecule has 0 saturated carbocycles. The summed E-state index contributed by atoms with van der Waals surface area (Å²) in [5, 5.41) is 33.0. The largest absolute Gasteiger partial charge is 0.490 e. The smallest absolute Gasteiger partial charge is 0.387 e. The van der Waals surface area contributed by atoms with Crippen LogP contribution in [0.2, 0.25) is 0 Å². The SMILES string of the molecule is C=C1NC(N)N(O)C=C1C1OC(COP(=O)(O)OP(=O)(O)OP(=O)(O)O)C(O)C1O. The zero-order chi connectivity index (χ0) is 23.1. The second-order valence-electron chi connectivity index (χ2n) is 6.00. The lowest BCUT2D eigenvalue weighted by molar-refractivity contribution is -0.0927. The first-order valence-electron chi connectivity index (χ1n) is 7.71. The Morgan fingerprint density at radius 2 is 1.73 bits per heavy atom. The number of rotatable bonds is 8. The van der Waals surface area contributed by atoms with Crippen LogP contribution in [0.4, 0.5) is 0 Å². The summed E-state index contributed by atoms with van der Waals surface area (Å²) in [5.74, 6) is 0. The van der Waals surface area contributed by atoms with Crippen LogP contribution in [-0.4, -0.2) is 77.4 Å². The van der Waals surface area contributed by atoms with Crippen molar-refractivity contribution in [1.82, 2.24) is 10.4 Å². The van der Waals surface area contributed by atoms with Crippen LogP contribution in [-0.2, 0) is 31.6 Å². The summed E-state index contributed by atoms with van der Waals surface area (Å²) in [5.41, 5.74) is 5.73. The summed E-state index contributed by atoms with van der Waals surface area (Å²) in [6.07, 6.45) is -6.06. The second-order valence-corrected chi connectivity index (χ2v) is 10.4. The van der Waals surface area contributed by atoms with E-state index < -0.39 is 60.8 Å². The highest BCUT2D eigenvalue weighted by Crippen LogP contribution is 2.66. The van der Waals surface area contributed by atoms with Gasteiger partial charge in [-0.05, 0) is 0 Å². The molecule has 30 heavy (non-hydrogen) atoms. The van der Waals surface area contributed by atoms with Crippen molar-refractivity contribution in [3.63, 3.8) is 0 Å². The molecule has 1 saturated heterocycles. The molecule has 0 spiro atoms. The van der Waals surface area contributed by atoms with Gasteiger partial charge in [-0.3, -0.25) is 15.5 Å². The van der Waals surface area contributed by atoms with Crippen LogP contribution >= 0.6 is 23.5 Å². The van der Waals surface area contributed by atoms with E-state index in [1.165, 1.54) is 0 Å². The summed E-state index contributed by atoms with van der Waals surface area (Å²) in [7, 11) is -16.7. The molecular weight excluding hydrogens is 479 g/mol. The number of ether oxygens (including phenoxy) is 1. The number of aliphatic hydroxyl groups is 2. The van der Waals surface area contributed by atoms with Crippen molar-refractivity contribution in [3.8, 4) is 0 Å². The fourth-order valence-corrected chi connectivity index (χ4v) is 5.52. The third-order valence-electron chi connectivity index (χ3n) is 3.71. The maximum Gasteiger partial charge on any atom is 0.490 e. The van der Waals surface area contributed by atoms with Gasteiger partial charge < -0.3 is 39.8 Å². The third-order valence-corrected chi connectivity index (χ3v) is 7.52. The van der Waals surface area contributed by atoms with Crippen LogP contribution in [0.25, 0.3) is 0 Å². The highest BCUT2D eigenvalue weighted by Gasteiger charge is 2.47. The van der Waals surface area contributed by atoms with Crippen molar-refractivity contribution in [2.75, 3.05) is 6.61 Å². The lowest BCUT2D eigenvalue weighted by Crippen LogP contribution is -2.52. The molecule has 10 N–H and O–H groups in total. The number of nitrogens with two attached hydrogens (primary N) is 1. The Balaban J connectivity index is 2.03. The molecule has 0 bridgehead atoms. The van der Waals surface area contributed by atoms with Gasteiger partial charge in [0.05, 0.1) is 6.61 Å². The monoisotopic (exact) mass is 499 g/mol. The van der Waals surface area contributed by atoms with Gasteiger partial charge in [-0.15, -0.1) is 0 Å². The molecule has 2 aliphatic heterocycles. The van der Waals surface area contributed by atoms with Crippen LogP contribution in [0.3, 0.4) is 0 Å². The molecule has 2 aliphatic rings. The Morgan fingerprint density at radius 3 is 2.30 bits per heavy atom. The number of nitrogens with zero attached hydrogens (tertiary/aromatic N) is 1. The number of hydrogen-bond acceptors (Lipinski definition) is 13. The van der Waals surface area contributed by atoms with Gasteiger partial charge in [0.15, 0.2) is 6.29 Å². The van der Waals surface area contributed by atoms with Gasteiger partial charge in [0, 0.05) is 17.5 Å². The predicted octanol–water partition coefficient (Wildman–Crippen LogP) is -2.25. The quantitative estimate of drug-likeness (QED) is 0.160. The van der Waals surface area contributed by atoms with Crippen molar-refractivity contribution in [1.29, 1.82) is 0 Å². The highest BCUT2D eigenvalue weighted by molar-refractivity contribution is 7.66. The van der Waals surface area contributed by atoms with Crippen LogP contribution in [0, 0.1) is 0 Å². The molecule has 7 atom stereocenters. The molecule has 0 aromatic heterocycles. The zero-order valence-electron chi connectivity index (χ0n) is 14.7. The number of phosphoric ester groups is 1. The second kappa shape index (κ2) is 9.03. The molecule has 0 radical (unpaired) electrons. The van der Waals surface area contributed by atoms with E-state index in [-0.39, 0.29) is 11.3 Å². The van der Waals surface area contributed by atoms with Crippen molar-refractivity contribution >= 4 is 23.5 Å². The molecule has 17 nitrogen and oxygen atoms in total. The minimum atomic E-state index is -5.71. The van der Waals surface area contributed by atoms with Gasteiger partial charge in [-0.2, -0.15) is 8.62 Å². The molecule has 0 aromatic carbocycles. The molecular formula is C10H20N3O14P3. The minimum absolute atomic E-state index is 0.0755. The summed E-state index contributed by atoms with van der Waals surface area (Å²) in [6, 6.07) is 0. The van der Waals surface area contributed by atoms with Crippen molar-refractivity contribution in [2.24, 2.45) is 5.73 Å². The minimum Gasteiger partial charge on any atom is -0.387 e. The molecule has 0 amide bonds. The van der Waals surface area contributed by atoms with E-state index in [0.717, 1.165) is 6.20 Å². The summed E-state index contributed by atoms with van der Waals surface area (Å²) in [4.78, 5) is 35.4. The first-order chi connectivity index (χ1) is 13.5. The fraction of sp³-hybridized carbons (Fsp3) is 0.600. The van der Waals surface area contributed by atoms with Crippen molar-refractivity contribution in [3.05, 3.63) is 24.0 Å². The average molecular weight is 499 g/mol. The Labute approximate surface area is 168 Å². The summed E-state index contributed by atoms with van der Waals surface area (Å²) >= 11 is 0. The number of phosphoric acid groups is 3. The first kappa shape index (κ1) is 25.5. The van der Waals surface area contributed by atoms with Crippen LogP contribution < -0.4 is 11.1 Å². The Hall–Kier alpha value is -0.710. The van der Waals surface area contributed by atoms with Gasteiger partial charge in [0.25, 0.3) is 0 Å². The fourth-order valence-electron chi connectivity index (χ4n) is 2.49. The first-order valence-corrected chi connectivity index (χ1v) is 12.2. The molecule has 174 valence electrons. The van der Waals surface area contributed by atoms with E-state index in [2.05, 4.69) is 25.0 Å². The number of nitrogens with one attached hydrogen (secondary N) is 1. The Kier molecular flexibility index (Phi) is 7.69. The van der Waals surface area contributed by atoms with Gasteiger partial charge in [0.2, 0.25) is 0 Å². The maximum absolute atomic E-state index is 11.7. The van der Waals surface area contributed by atoms with Gasteiger partial charge in [-0.1, -0.05) is 6.58 Å². The van der Waals surface area contributed by atoms with Gasteiger partial charge in [-0.25, -0.2) is 18.8 Å². The zero-order valence-corrected chi connectivity index (χ0v) is 17.4. The van der Waals surface area contributed by atoms with E-state index in [0.29, 0.717) is 5.06 Å². The standard InChI is InChI=1S/C10H20N3O14P3/c1-4-5(2-13(16)10(11)12-4)9-8(15)7(14)6(25-9)3-24-29(20,21)27-30(22,23)26-28(17,18)19/h2,6-10,12,14-16H,1,3,11H2,(H,20,21)(H,22,23)(H2,17,18,19). The lowest BCUT2D eigenvalue weighted by Gasteiger charge is -2.33. The van der Waals surface area contributed by atoms with Crippen molar-refractivity contribution in [2.45, 2.75) is 30.7 Å². The van der Waals surface area contributed by atoms with E-state index in [1.54, 1.807) is 0 Å². The molecule has 1 fully saturated rings.